The van der Waals surface area contributed by atoms with Crippen LogP contribution in [0.3, 0.4) is 0 Å². The summed E-state index contributed by atoms with van der Waals surface area (Å²) in [7, 11) is -3.89. The second-order valence-electron chi connectivity index (χ2n) is 8.20. The van der Waals surface area contributed by atoms with E-state index in [0.29, 0.717) is 11.5 Å². The molecule has 0 spiro atoms. The highest BCUT2D eigenvalue weighted by Gasteiger charge is 2.35. The average Bonchev–Trinajstić information content (AvgIpc) is 2.61. The van der Waals surface area contributed by atoms with Gasteiger partial charge in [-0.25, -0.2) is 4.57 Å². The number of hydrogen-bond donors (Lipinski definition) is 0. The van der Waals surface area contributed by atoms with E-state index in [2.05, 4.69) is 0 Å². The van der Waals surface area contributed by atoms with Crippen LogP contribution in [0.2, 0.25) is 0 Å². The van der Waals surface area contributed by atoms with Gasteiger partial charge < -0.3 is 13.8 Å². The maximum absolute atomic E-state index is 13.7. The Morgan fingerprint density at radius 3 is 2.10 bits per heavy atom. The quantitative estimate of drug-likeness (QED) is 0.371. The summed E-state index contributed by atoms with van der Waals surface area (Å²) in [6.45, 7) is 12.1. The third kappa shape index (κ3) is 6.37. The molecule has 1 unspecified atom stereocenters. The Labute approximate surface area is 173 Å². The van der Waals surface area contributed by atoms with E-state index in [1.807, 2.05) is 58.9 Å². The highest BCUT2D eigenvalue weighted by atomic mass is 31.2. The molecule has 0 bridgehead atoms. The Morgan fingerprint density at radius 1 is 0.966 bits per heavy atom. The molecule has 6 heteroatoms. The van der Waals surface area contributed by atoms with Crippen LogP contribution in [-0.4, -0.2) is 18.7 Å². The molecule has 1 atom stereocenters. The third-order valence-electron chi connectivity index (χ3n) is 4.34. The van der Waals surface area contributed by atoms with Crippen molar-refractivity contribution in [1.82, 2.24) is 0 Å². The molecule has 0 aliphatic rings. The molecule has 0 N–H and O–H groups in total. The van der Waals surface area contributed by atoms with Crippen LogP contribution in [0.1, 0.15) is 58.6 Å². The Bertz CT molecular complexity index is 883. The van der Waals surface area contributed by atoms with Gasteiger partial charge in [-0.1, -0.05) is 71.0 Å². The number of hydrogen-bond acceptors (Lipinski definition) is 5. The second kappa shape index (κ2) is 9.49. The predicted octanol–water partition coefficient (Wildman–Crippen LogP) is 6.32. The van der Waals surface area contributed by atoms with Crippen molar-refractivity contribution in [3.8, 4) is 11.5 Å². The highest BCUT2D eigenvalue weighted by Crippen LogP contribution is 2.51. The predicted molar refractivity (Wildman–Crippen MR) is 116 cm³/mol. The fraction of sp³-hybridized carbons (Fsp3) is 0.435. The molecular formula is C23H31O5P. The molecule has 2 rings (SSSR count). The van der Waals surface area contributed by atoms with Gasteiger partial charge in [0.1, 0.15) is 11.5 Å². The molecule has 2 aromatic rings. The number of ether oxygens (including phenoxy) is 1. The van der Waals surface area contributed by atoms with Crippen molar-refractivity contribution in [2.45, 2.75) is 52.9 Å². The monoisotopic (exact) mass is 418 g/mol. The molecule has 5 nitrogen and oxygen atoms in total. The molecule has 0 radical (unpaired) electrons. The number of benzene rings is 2. The molecule has 0 aliphatic carbocycles. The fourth-order valence-corrected chi connectivity index (χ4v) is 4.45. The first-order valence-corrected chi connectivity index (χ1v) is 11.6. The van der Waals surface area contributed by atoms with Crippen molar-refractivity contribution >= 4 is 13.6 Å². The summed E-state index contributed by atoms with van der Waals surface area (Å²) in [5.41, 5.74) is 1.54. The molecule has 0 saturated carbocycles. The lowest BCUT2D eigenvalue weighted by Gasteiger charge is -2.26. The van der Waals surface area contributed by atoms with Crippen molar-refractivity contribution in [1.29, 1.82) is 0 Å². The van der Waals surface area contributed by atoms with Crippen LogP contribution in [0, 0.1) is 0 Å². The zero-order valence-electron chi connectivity index (χ0n) is 18.1. The van der Waals surface area contributed by atoms with Gasteiger partial charge in [-0.3, -0.25) is 4.79 Å². The fourth-order valence-electron chi connectivity index (χ4n) is 2.95. The number of rotatable bonds is 8. The lowest BCUT2D eigenvalue weighted by Crippen LogP contribution is -2.18. The zero-order valence-corrected chi connectivity index (χ0v) is 19.0. The minimum atomic E-state index is -3.89. The van der Waals surface area contributed by atoms with Crippen molar-refractivity contribution < 1.29 is 23.1 Å². The molecule has 0 amide bonds. The van der Waals surface area contributed by atoms with Gasteiger partial charge in [0.25, 0.3) is 0 Å². The maximum atomic E-state index is 13.7. The standard InChI is InChI=1S/C23H31O5P/c1-7-26-22(24)16-29(25,27-20-14-10-8-12-18(20)17(2)3)28-21-15-11-9-13-19(21)23(4,5)6/h8-15,17H,7,16H2,1-6H3. The lowest BCUT2D eigenvalue weighted by molar-refractivity contribution is -0.140. The highest BCUT2D eigenvalue weighted by molar-refractivity contribution is 7.55. The summed E-state index contributed by atoms with van der Waals surface area (Å²) >= 11 is 0. The van der Waals surface area contributed by atoms with E-state index in [1.165, 1.54) is 0 Å². The van der Waals surface area contributed by atoms with Crippen LogP contribution >= 0.6 is 7.60 Å². The van der Waals surface area contributed by atoms with Crippen molar-refractivity contribution in [3.63, 3.8) is 0 Å². The number of carbonyl (C=O) groups excluding carboxylic acids is 1. The molecule has 0 aliphatic heterocycles. The van der Waals surface area contributed by atoms with E-state index in [1.54, 1.807) is 31.2 Å². The third-order valence-corrected chi connectivity index (χ3v) is 5.93. The van der Waals surface area contributed by atoms with Gasteiger partial charge in [0.15, 0.2) is 6.16 Å². The molecule has 0 saturated heterocycles. The minimum Gasteiger partial charge on any atom is -0.465 e. The topological polar surface area (TPSA) is 61.8 Å². The van der Waals surface area contributed by atoms with Gasteiger partial charge >= 0.3 is 13.6 Å². The van der Waals surface area contributed by atoms with Crippen LogP contribution in [0.5, 0.6) is 11.5 Å². The smallest absolute Gasteiger partial charge is 0.441 e. The van der Waals surface area contributed by atoms with E-state index in [4.69, 9.17) is 13.8 Å². The van der Waals surface area contributed by atoms with Crippen LogP contribution in [0.15, 0.2) is 48.5 Å². The lowest BCUT2D eigenvalue weighted by atomic mass is 9.86. The first-order valence-electron chi connectivity index (χ1n) is 9.88. The number of esters is 1. The van der Waals surface area contributed by atoms with Gasteiger partial charge in [0, 0.05) is 5.56 Å². The largest absolute Gasteiger partial charge is 0.465 e. The maximum Gasteiger partial charge on any atom is 0.441 e. The summed E-state index contributed by atoms with van der Waals surface area (Å²) in [5.74, 6) is 0.424. The number of para-hydroxylation sites is 2. The molecule has 29 heavy (non-hydrogen) atoms. The van der Waals surface area contributed by atoms with Gasteiger partial charge in [-0.15, -0.1) is 0 Å². The van der Waals surface area contributed by atoms with Gasteiger partial charge in [-0.05, 0) is 36.0 Å². The van der Waals surface area contributed by atoms with Crippen LogP contribution in [0.4, 0.5) is 0 Å². The van der Waals surface area contributed by atoms with Crippen molar-refractivity contribution in [3.05, 3.63) is 59.7 Å². The molecule has 2 aromatic carbocycles. The second-order valence-corrected chi connectivity index (χ2v) is 10.1. The molecule has 0 aromatic heterocycles. The summed E-state index contributed by atoms with van der Waals surface area (Å²) in [6.07, 6.45) is -0.467. The van der Waals surface area contributed by atoms with Crippen molar-refractivity contribution in [2.24, 2.45) is 0 Å². The normalized spacial score (nSPS) is 13.6. The first kappa shape index (κ1) is 23.0. The van der Waals surface area contributed by atoms with E-state index < -0.39 is 19.7 Å². The molecular weight excluding hydrogens is 387 g/mol. The summed E-state index contributed by atoms with van der Waals surface area (Å²) in [4.78, 5) is 12.2. The first-order chi connectivity index (χ1) is 13.6. The summed E-state index contributed by atoms with van der Waals surface area (Å²) < 4.78 is 30.6. The van der Waals surface area contributed by atoms with E-state index >= 15 is 0 Å². The average molecular weight is 418 g/mol. The molecule has 0 fully saturated rings. The zero-order chi connectivity index (χ0) is 21.7. The molecule has 158 valence electrons. The van der Waals surface area contributed by atoms with Gasteiger partial charge in [-0.2, -0.15) is 0 Å². The van der Waals surface area contributed by atoms with E-state index in [9.17, 15) is 9.36 Å². The Kier molecular flexibility index (Phi) is 7.54. The minimum absolute atomic E-state index is 0.157. The molecule has 0 heterocycles. The SMILES string of the molecule is CCOC(=O)CP(=O)(Oc1ccccc1C(C)C)Oc1ccccc1C(C)(C)C. The number of carbonyl (C=O) groups is 1. The van der Waals surface area contributed by atoms with Crippen LogP contribution in [-0.2, 0) is 19.5 Å². The Morgan fingerprint density at radius 2 is 1.52 bits per heavy atom. The Balaban J connectivity index is 2.45. The Hall–Kier alpha value is -2.26. The van der Waals surface area contributed by atoms with E-state index in [0.717, 1.165) is 11.1 Å². The van der Waals surface area contributed by atoms with Gasteiger partial charge in [0.2, 0.25) is 0 Å². The summed E-state index contributed by atoms with van der Waals surface area (Å²) in [6, 6.07) is 14.7. The van der Waals surface area contributed by atoms with Crippen LogP contribution < -0.4 is 9.05 Å². The van der Waals surface area contributed by atoms with E-state index in [-0.39, 0.29) is 17.9 Å². The van der Waals surface area contributed by atoms with Crippen LogP contribution in [0.25, 0.3) is 0 Å². The summed E-state index contributed by atoms with van der Waals surface area (Å²) in [5, 5.41) is 0. The van der Waals surface area contributed by atoms with Crippen molar-refractivity contribution in [2.75, 3.05) is 12.8 Å². The van der Waals surface area contributed by atoms with Gasteiger partial charge in [0.05, 0.1) is 6.61 Å².